The maximum atomic E-state index is 12.9. The molecule has 0 fully saturated rings. The average molecular weight is 451 g/mol. The fraction of sp³-hybridized carbons (Fsp3) is 0.316. The van der Waals surface area contributed by atoms with Crippen molar-refractivity contribution in [2.24, 2.45) is 0 Å². The van der Waals surface area contributed by atoms with Crippen LogP contribution in [0.15, 0.2) is 27.9 Å². The molecule has 1 aromatic carbocycles. The summed E-state index contributed by atoms with van der Waals surface area (Å²) in [7, 11) is 0.192. The van der Waals surface area contributed by atoms with Crippen molar-refractivity contribution in [2.75, 3.05) is 25.2 Å². The largest absolute Gasteiger partial charge is 0.506 e. The Morgan fingerprint density at radius 1 is 1.33 bits per heavy atom. The van der Waals surface area contributed by atoms with Gasteiger partial charge < -0.3 is 20.3 Å². The summed E-state index contributed by atoms with van der Waals surface area (Å²) in [5, 5.41) is 12.9. The van der Waals surface area contributed by atoms with Gasteiger partial charge in [-0.1, -0.05) is 6.92 Å². The maximum Gasteiger partial charge on any atom is 0.266 e. The van der Waals surface area contributed by atoms with E-state index in [-0.39, 0.29) is 32.5 Å². The van der Waals surface area contributed by atoms with Crippen LogP contribution in [0.5, 0.6) is 5.75 Å². The summed E-state index contributed by atoms with van der Waals surface area (Å²) in [6, 6.07) is 3.72. The van der Waals surface area contributed by atoms with Crippen LogP contribution >= 0.6 is 11.3 Å². The van der Waals surface area contributed by atoms with E-state index in [0.717, 1.165) is 11.3 Å². The minimum Gasteiger partial charge on any atom is -0.506 e. The van der Waals surface area contributed by atoms with E-state index < -0.39 is 15.7 Å². The van der Waals surface area contributed by atoms with Crippen LogP contribution in [-0.2, 0) is 16.4 Å². The Balaban J connectivity index is 2.00. The number of hydrogen-bond donors (Lipinski definition) is 3. The van der Waals surface area contributed by atoms with Crippen LogP contribution in [0.25, 0.3) is 10.2 Å². The molecule has 0 radical (unpaired) electrons. The monoisotopic (exact) mass is 450 g/mol. The molecule has 0 aliphatic heterocycles. The van der Waals surface area contributed by atoms with Gasteiger partial charge in [-0.05, 0) is 44.8 Å². The lowest BCUT2D eigenvalue weighted by molar-refractivity contribution is 0.102. The number of aromatic nitrogens is 2. The second kappa shape index (κ2) is 8.17. The summed E-state index contributed by atoms with van der Waals surface area (Å²) in [5.41, 5.74) is 0.111. The van der Waals surface area contributed by atoms with Crippen LogP contribution < -0.4 is 10.9 Å². The van der Waals surface area contributed by atoms with Gasteiger partial charge in [0.05, 0.1) is 33.1 Å². The number of aromatic hydroxyl groups is 1. The van der Waals surface area contributed by atoms with Crippen LogP contribution in [0.3, 0.4) is 0 Å². The lowest BCUT2D eigenvalue weighted by Crippen LogP contribution is -2.18. The zero-order valence-corrected chi connectivity index (χ0v) is 18.6. The summed E-state index contributed by atoms with van der Waals surface area (Å²) in [4.78, 5) is 35.1. The summed E-state index contributed by atoms with van der Waals surface area (Å²) >= 11 is 1.07. The van der Waals surface area contributed by atoms with E-state index in [9.17, 15) is 23.1 Å². The van der Waals surface area contributed by atoms with Gasteiger partial charge in [-0.15, -0.1) is 11.3 Å². The number of carbonyl (C=O) groups excluding carboxylic acids is 1. The van der Waals surface area contributed by atoms with Gasteiger partial charge in [0.1, 0.15) is 16.4 Å². The number of benzene rings is 1. The molecule has 2 heterocycles. The van der Waals surface area contributed by atoms with Crippen molar-refractivity contribution in [2.45, 2.75) is 25.3 Å². The predicted molar refractivity (Wildman–Crippen MR) is 116 cm³/mol. The highest BCUT2D eigenvalue weighted by molar-refractivity contribution is 7.91. The third-order valence-corrected chi connectivity index (χ3v) is 7.39. The summed E-state index contributed by atoms with van der Waals surface area (Å²) in [6.07, 6.45) is 0. The molecule has 0 atom stereocenters. The number of nitrogens with one attached hydrogen (secondary N) is 2. The van der Waals surface area contributed by atoms with Crippen molar-refractivity contribution in [1.82, 2.24) is 14.9 Å². The minimum atomic E-state index is -3.51. The first kappa shape index (κ1) is 21.9. The SMILES string of the molecule is CCS(=O)(=O)c1ccc(O)c(NC(=O)c2sc3nc(CN(C)C)[nH]c(=O)c3c2C)c1. The number of sulfone groups is 1. The number of nitrogens with zero attached hydrogens (tertiary/aromatic N) is 2. The fourth-order valence-electron chi connectivity index (χ4n) is 2.93. The third-order valence-electron chi connectivity index (χ3n) is 4.48. The molecule has 30 heavy (non-hydrogen) atoms. The van der Waals surface area contributed by atoms with Crippen LogP contribution in [-0.4, -0.2) is 54.1 Å². The molecular formula is C19H22N4O5S2. The number of phenols is 1. The van der Waals surface area contributed by atoms with E-state index in [1.54, 1.807) is 6.92 Å². The number of amides is 1. The second-order valence-corrected chi connectivity index (χ2v) is 10.3. The number of thiophene rings is 1. The quantitative estimate of drug-likeness (QED) is 0.490. The highest BCUT2D eigenvalue weighted by Crippen LogP contribution is 2.31. The first-order chi connectivity index (χ1) is 14.0. The third kappa shape index (κ3) is 4.23. The van der Waals surface area contributed by atoms with Gasteiger partial charge in [0, 0.05) is 0 Å². The molecule has 3 aromatic rings. The molecule has 3 rings (SSSR count). The molecule has 1 amide bonds. The molecule has 2 aromatic heterocycles. The Morgan fingerprint density at radius 3 is 2.67 bits per heavy atom. The number of hydrogen-bond acceptors (Lipinski definition) is 8. The Hall–Kier alpha value is -2.76. The van der Waals surface area contributed by atoms with Gasteiger partial charge >= 0.3 is 0 Å². The summed E-state index contributed by atoms with van der Waals surface area (Å²) < 4.78 is 24.2. The number of fused-ring (bicyclic) bond motifs is 1. The van der Waals surface area contributed by atoms with Crippen molar-refractivity contribution in [3.05, 3.63) is 44.8 Å². The van der Waals surface area contributed by atoms with Gasteiger partial charge in [0.2, 0.25) is 0 Å². The zero-order valence-electron chi connectivity index (χ0n) is 16.9. The minimum absolute atomic E-state index is 0.00222. The Bertz CT molecular complexity index is 1290. The predicted octanol–water partition coefficient (Wildman–Crippen LogP) is 2.11. The van der Waals surface area contributed by atoms with Gasteiger partial charge in [-0.3, -0.25) is 9.59 Å². The topological polar surface area (TPSA) is 132 Å². The Morgan fingerprint density at radius 2 is 2.03 bits per heavy atom. The van der Waals surface area contributed by atoms with Crippen molar-refractivity contribution >= 4 is 43.0 Å². The van der Waals surface area contributed by atoms with Crippen molar-refractivity contribution in [3.8, 4) is 5.75 Å². The second-order valence-electron chi connectivity index (χ2n) is 7.02. The maximum absolute atomic E-state index is 12.9. The smallest absolute Gasteiger partial charge is 0.266 e. The molecule has 0 unspecified atom stereocenters. The van der Waals surface area contributed by atoms with Crippen molar-refractivity contribution < 1.29 is 18.3 Å². The van der Waals surface area contributed by atoms with Crippen molar-refractivity contribution in [1.29, 1.82) is 0 Å². The molecule has 3 N–H and O–H groups in total. The number of aryl methyl sites for hydroxylation is 1. The summed E-state index contributed by atoms with van der Waals surface area (Å²) in [5.74, 6) is -0.447. The average Bonchev–Trinajstić information content (AvgIpc) is 2.99. The lowest BCUT2D eigenvalue weighted by atomic mass is 10.2. The normalized spacial score (nSPS) is 11.9. The fourth-order valence-corrected chi connectivity index (χ4v) is 4.94. The number of phenolic OH excluding ortho intramolecular Hbond substituents is 1. The highest BCUT2D eigenvalue weighted by atomic mass is 32.2. The highest BCUT2D eigenvalue weighted by Gasteiger charge is 2.21. The van der Waals surface area contributed by atoms with E-state index >= 15 is 0 Å². The molecule has 0 aliphatic carbocycles. The van der Waals surface area contributed by atoms with Gasteiger partial charge in [0.15, 0.2) is 9.84 Å². The van der Waals surface area contributed by atoms with Crippen LogP contribution in [0, 0.1) is 6.92 Å². The van der Waals surface area contributed by atoms with Crippen LogP contribution in [0.2, 0.25) is 0 Å². The molecule has 0 aliphatic rings. The number of H-pyrrole nitrogens is 1. The van der Waals surface area contributed by atoms with Gasteiger partial charge in [0.25, 0.3) is 11.5 Å². The number of rotatable bonds is 6. The van der Waals surface area contributed by atoms with E-state index in [2.05, 4.69) is 15.3 Å². The number of carbonyl (C=O) groups is 1. The van der Waals surface area contributed by atoms with E-state index in [1.165, 1.54) is 25.1 Å². The Labute approximate surface area is 177 Å². The first-order valence-electron chi connectivity index (χ1n) is 9.07. The summed E-state index contributed by atoms with van der Waals surface area (Å²) in [6.45, 7) is 3.60. The number of anilines is 1. The van der Waals surface area contributed by atoms with E-state index in [1.807, 2.05) is 19.0 Å². The molecule has 11 heteroatoms. The first-order valence-corrected chi connectivity index (χ1v) is 11.5. The molecule has 0 saturated heterocycles. The van der Waals surface area contributed by atoms with E-state index in [0.29, 0.717) is 28.1 Å². The zero-order chi connectivity index (χ0) is 22.2. The van der Waals surface area contributed by atoms with Crippen LogP contribution in [0.4, 0.5) is 5.69 Å². The molecule has 9 nitrogen and oxygen atoms in total. The number of aromatic amines is 1. The Kier molecular flexibility index (Phi) is 5.97. The van der Waals surface area contributed by atoms with E-state index in [4.69, 9.17) is 0 Å². The lowest BCUT2D eigenvalue weighted by Gasteiger charge is -2.09. The molecule has 0 bridgehead atoms. The molecule has 0 saturated carbocycles. The standard InChI is InChI=1S/C19H22N4O5S2/c1-5-30(27,28)11-6-7-13(24)12(8-11)20-18(26)16-10(2)15-17(25)21-14(9-23(3)4)22-19(15)29-16/h6-8,24H,5,9H2,1-4H3,(H,20,26)(H,21,22,25). The van der Waals surface area contributed by atoms with Crippen molar-refractivity contribution in [3.63, 3.8) is 0 Å². The molecular weight excluding hydrogens is 428 g/mol. The van der Waals surface area contributed by atoms with Gasteiger partial charge in [-0.25, -0.2) is 13.4 Å². The van der Waals surface area contributed by atoms with Crippen LogP contribution in [0.1, 0.15) is 28.0 Å². The van der Waals surface area contributed by atoms with Gasteiger partial charge in [-0.2, -0.15) is 0 Å². The molecule has 0 spiro atoms. The molecule has 160 valence electrons.